The van der Waals surface area contributed by atoms with Crippen LogP contribution in [0.1, 0.15) is 32.0 Å². The molecule has 17 heavy (non-hydrogen) atoms. The number of hydrogen-bond donors (Lipinski definition) is 1. The fourth-order valence-electron chi connectivity index (χ4n) is 2.02. The van der Waals surface area contributed by atoms with Crippen LogP contribution in [0.2, 0.25) is 0 Å². The third-order valence-corrected chi connectivity index (χ3v) is 2.85. The summed E-state index contributed by atoms with van der Waals surface area (Å²) in [6.07, 6.45) is 1.87. The van der Waals surface area contributed by atoms with E-state index in [1.165, 1.54) is 0 Å². The van der Waals surface area contributed by atoms with E-state index >= 15 is 0 Å². The Hall–Kier alpha value is -1.29. The SMILES string of the molecule is C=CCN(c1c(CO)c(C)nn1C)C(C)(C)C. The number of aromatic nitrogens is 2. The summed E-state index contributed by atoms with van der Waals surface area (Å²) in [5.74, 6) is 0.970. The van der Waals surface area contributed by atoms with Crippen molar-refractivity contribution in [3.05, 3.63) is 23.9 Å². The van der Waals surface area contributed by atoms with Crippen LogP contribution < -0.4 is 4.90 Å². The summed E-state index contributed by atoms with van der Waals surface area (Å²) in [6.45, 7) is 12.9. The Morgan fingerprint density at radius 2 is 2.06 bits per heavy atom. The number of aryl methyl sites for hydroxylation is 2. The zero-order valence-electron chi connectivity index (χ0n) is 11.5. The standard InChI is InChI=1S/C13H23N3O/c1-7-8-16(13(3,4)5)12-11(9-17)10(2)14-15(12)6/h7,17H,1,8-9H2,2-6H3. The van der Waals surface area contributed by atoms with Crippen molar-refractivity contribution in [1.29, 1.82) is 0 Å². The lowest BCUT2D eigenvalue weighted by molar-refractivity contribution is 0.280. The van der Waals surface area contributed by atoms with Crippen LogP contribution in [-0.4, -0.2) is 27.0 Å². The number of rotatable bonds is 4. The quantitative estimate of drug-likeness (QED) is 0.814. The van der Waals surface area contributed by atoms with Gasteiger partial charge in [0.2, 0.25) is 0 Å². The second-order valence-corrected chi connectivity index (χ2v) is 5.24. The average Bonchev–Trinajstić information content (AvgIpc) is 2.47. The summed E-state index contributed by atoms with van der Waals surface area (Å²) in [7, 11) is 1.91. The van der Waals surface area contributed by atoms with Gasteiger partial charge in [0.15, 0.2) is 0 Å². The second-order valence-electron chi connectivity index (χ2n) is 5.24. The highest BCUT2D eigenvalue weighted by Crippen LogP contribution is 2.29. The van der Waals surface area contributed by atoms with Crippen molar-refractivity contribution < 1.29 is 5.11 Å². The molecule has 1 N–H and O–H groups in total. The summed E-state index contributed by atoms with van der Waals surface area (Å²) in [6, 6.07) is 0. The summed E-state index contributed by atoms with van der Waals surface area (Å²) in [5, 5.41) is 13.9. The molecule has 0 aliphatic carbocycles. The van der Waals surface area contributed by atoms with Crippen molar-refractivity contribution in [3.8, 4) is 0 Å². The van der Waals surface area contributed by atoms with Crippen molar-refractivity contribution in [1.82, 2.24) is 9.78 Å². The molecule has 0 bridgehead atoms. The Labute approximate surface area is 104 Å². The van der Waals surface area contributed by atoms with Gasteiger partial charge in [0.25, 0.3) is 0 Å². The van der Waals surface area contributed by atoms with Gasteiger partial charge in [-0.1, -0.05) is 6.08 Å². The van der Waals surface area contributed by atoms with Gasteiger partial charge < -0.3 is 10.0 Å². The van der Waals surface area contributed by atoms with Crippen LogP contribution in [0.5, 0.6) is 0 Å². The van der Waals surface area contributed by atoms with Crippen molar-refractivity contribution in [2.45, 2.75) is 39.8 Å². The molecule has 0 atom stereocenters. The molecule has 0 saturated heterocycles. The minimum atomic E-state index is -0.0433. The minimum Gasteiger partial charge on any atom is -0.391 e. The molecule has 0 saturated carbocycles. The van der Waals surface area contributed by atoms with Crippen molar-refractivity contribution in [2.24, 2.45) is 7.05 Å². The van der Waals surface area contributed by atoms with Crippen LogP contribution >= 0.6 is 0 Å². The molecular formula is C13H23N3O. The van der Waals surface area contributed by atoms with E-state index in [1.54, 1.807) is 0 Å². The van der Waals surface area contributed by atoms with Crippen molar-refractivity contribution in [2.75, 3.05) is 11.4 Å². The molecule has 1 heterocycles. The van der Waals surface area contributed by atoms with E-state index in [0.29, 0.717) is 0 Å². The Bertz CT molecular complexity index is 402. The molecule has 0 aliphatic rings. The summed E-state index contributed by atoms with van der Waals surface area (Å²) >= 11 is 0. The molecule has 4 nitrogen and oxygen atoms in total. The van der Waals surface area contributed by atoms with Gasteiger partial charge in [-0.3, -0.25) is 4.68 Å². The van der Waals surface area contributed by atoms with Crippen molar-refractivity contribution >= 4 is 5.82 Å². The van der Waals surface area contributed by atoms with Gasteiger partial charge >= 0.3 is 0 Å². The van der Waals surface area contributed by atoms with Crippen LogP contribution in [0.3, 0.4) is 0 Å². The third-order valence-electron chi connectivity index (χ3n) is 2.85. The van der Waals surface area contributed by atoms with E-state index in [-0.39, 0.29) is 12.1 Å². The maximum absolute atomic E-state index is 9.49. The maximum atomic E-state index is 9.49. The highest BCUT2D eigenvalue weighted by Gasteiger charge is 2.26. The van der Waals surface area contributed by atoms with Gasteiger partial charge in [-0.05, 0) is 27.7 Å². The summed E-state index contributed by atoms with van der Waals surface area (Å²) < 4.78 is 1.83. The van der Waals surface area contributed by atoms with Gasteiger partial charge in [0, 0.05) is 24.7 Å². The van der Waals surface area contributed by atoms with Crippen LogP contribution in [-0.2, 0) is 13.7 Å². The maximum Gasteiger partial charge on any atom is 0.133 e. The predicted octanol–water partition coefficient (Wildman–Crippen LogP) is 2.01. The first kappa shape index (κ1) is 13.8. The molecule has 4 heteroatoms. The molecule has 0 fully saturated rings. The normalized spacial score (nSPS) is 11.6. The first-order valence-electron chi connectivity index (χ1n) is 5.84. The summed E-state index contributed by atoms with van der Waals surface area (Å²) in [5.41, 5.74) is 1.73. The van der Waals surface area contributed by atoms with Crippen LogP contribution in [0, 0.1) is 6.92 Å². The largest absolute Gasteiger partial charge is 0.391 e. The first-order valence-corrected chi connectivity index (χ1v) is 5.84. The van der Waals surface area contributed by atoms with E-state index in [2.05, 4.69) is 37.3 Å². The Kier molecular flexibility index (Phi) is 3.98. The molecule has 0 aliphatic heterocycles. The first-order chi connectivity index (χ1) is 7.82. The minimum absolute atomic E-state index is 0.0126. The van der Waals surface area contributed by atoms with Crippen LogP contribution in [0.25, 0.3) is 0 Å². The molecule has 0 aromatic carbocycles. The zero-order valence-corrected chi connectivity index (χ0v) is 11.5. The van der Waals surface area contributed by atoms with Crippen LogP contribution in [0.15, 0.2) is 12.7 Å². The highest BCUT2D eigenvalue weighted by atomic mass is 16.3. The number of anilines is 1. The molecule has 0 unspecified atom stereocenters. The number of nitrogens with zero attached hydrogens (tertiary/aromatic N) is 3. The number of aliphatic hydroxyl groups excluding tert-OH is 1. The average molecular weight is 237 g/mol. The lowest BCUT2D eigenvalue weighted by Gasteiger charge is -2.37. The van der Waals surface area contributed by atoms with Gasteiger partial charge in [-0.2, -0.15) is 5.10 Å². The Morgan fingerprint density at radius 3 is 2.47 bits per heavy atom. The highest BCUT2D eigenvalue weighted by molar-refractivity contribution is 5.52. The fourth-order valence-corrected chi connectivity index (χ4v) is 2.02. The lowest BCUT2D eigenvalue weighted by atomic mass is 10.0. The lowest BCUT2D eigenvalue weighted by Crippen LogP contribution is -2.43. The summed E-state index contributed by atoms with van der Waals surface area (Å²) in [4.78, 5) is 2.20. The molecule has 0 amide bonds. The Morgan fingerprint density at radius 1 is 1.47 bits per heavy atom. The molecule has 1 rings (SSSR count). The van der Waals surface area contributed by atoms with Crippen molar-refractivity contribution in [3.63, 3.8) is 0 Å². The van der Waals surface area contributed by atoms with E-state index in [1.807, 2.05) is 24.7 Å². The van der Waals surface area contributed by atoms with E-state index in [0.717, 1.165) is 23.6 Å². The van der Waals surface area contributed by atoms with Crippen LogP contribution in [0.4, 0.5) is 5.82 Å². The van der Waals surface area contributed by atoms with Gasteiger partial charge in [-0.15, -0.1) is 6.58 Å². The van der Waals surface area contributed by atoms with E-state index < -0.39 is 0 Å². The smallest absolute Gasteiger partial charge is 0.133 e. The van der Waals surface area contributed by atoms with Gasteiger partial charge in [-0.25, -0.2) is 0 Å². The zero-order chi connectivity index (χ0) is 13.2. The Balaban J connectivity index is 3.32. The van der Waals surface area contributed by atoms with E-state index in [4.69, 9.17) is 0 Å². The van der Waals surface area contributed by atoms with E-state index in [9.17, 15) is 5.11 Å². The molecule has 96 valence electrons. The predicted molar refractivity (Wildman–Crippen MR) is 71.2 cm³/mol. The number of aliphatic hydroxyl groups is 1. The van der Waals surface area contributed by atoms with Gasteiger partial charge in [0.1, 0.15) is 5.82 Å². The topological polar surface area (TPSA) is 41.3 Å². The molecule has 1 aromatic rings. The molecule has 0 radical (unpaired) electrons. The molecule has 1 aromatic heterocycles. The monoisotopic (exact) mass is 237 g/mol. The number of hydrogen-bond acceptors (Lipinski definition) is 3. The fraction of sp³-hybridized carbons (Fsp3) is 0.615. The molecule has 0 spiro atoms. The third kappa shape index (κ3) is 2.69. The second kappa shape index (κ2) is 4.92. The molecular weight excluding hydrogens is 214 g/mol. The van der Waals surface area contributed by atoms with Gasteiger partial charge in [0.05, 0.1) is 12.3 Å².